The van der Waals surface area contributed by atoms with E-state index in [4.69, 9.17) is 0 Å². The minimum Gasteiger partial charge on any atom is -1.00 e. The number of hydrogen-bond acceptors (Lipinski definition) is 0. The molecule has 0 aliphatic heterocycles. The zero-order chi connectivity index (χ0) is 8.55. The quantitative estimate of drug-likeness (QED) is 0.480. The molecule has 0 aromatic heterocycles. The minimum absolute atomic E-state index is 0. The molecule has 0 N–H and O–H groups in total. The van der Waals surface area contributed by atoms with Crippen molar-refractivity contribution < 1.29 is 58.7 Å². The van der Waals surface area contributed by atoms with Crippen LogP contribution >= 0.6 is 0 Å². The van der Waals surface area contributed by atoms with E-state index in [2.05, 4.69) is 37.3 Å². The van der Waals surface area contributed by atoms with Crippen LogP contribution in [-0.2, 0) is 24.7 Å². The standard InChI is InChI=1S/C11H11.2BrH.Zr/c1-2-9-7-8-10-5-3-4-6-11(9)10;;;/h3-6,8-9H,2H2,1H3;2*1H;/q;;;+2/p-2. The van der Waals surface area contributed by atoms with Crippen LogP contribution in [0.1, 0.15) is 30.4 Å². The van der Waals surface area contributed by atoms with Crippen LogP contribution in [0.15, 0.2) is 27.5 Å². The van der Waals surface area contributed by atoms with Crippen molar-refractivity contribution in [2.45, 2.75) is 19.3 Å². The Kier molecular flexibility index (Phi) is 6.77. The Hall–Kier alpha value is 0.803. The van der Waals surface area contributed by atoms with Gasteiger partial charge < -0.3 is 34.0 Å². The number of hydrogen-bond donors (Lipinski definition) is 0. The molecule has 0 fully saturated rings. The van der Waals surface area contributed by atoms with E-state index >= 15 is 0 Å². The summed E-state index contributed by atoms with van der Waals surface area (Å²) in [5.74, 6) is 0.722. The normalized spacial score (nSPS) is 17.6. The predicted molar refractivity (Wildman–Crippen MR) is 47.5 cm³/mol. The summed E-state index contributed by atoms with van der Waals surface area (Å²) in [6.45, 7) is 2.27. The first kappa shape index (κ1) is 14.8. The van der Waals surface area contributed by atoms with E-state index in [1.165, 1.54) is 17.5 Å². The minimum atomic E-state index is 0. The van der Waals surface area contributed by atoms with Gasteiger partial charge in [0.2, 0.25) is 0 Å². The first-order valence-electron chi connectivity index (χ1n) is 4.35. The molecule has 1 aliphatic rings. The Morgan fingerprint density at radius 3 is 2.50 bits per heavy atom. The van der Waals surface area contributed by atoms with Crippen LogP contribution in [0.3, 0.4) is 0 Å². The third-order valence-corrected chi connectivity index (χ3v) is 3.68. The average molecular weight is 394 g/mol. The molecule has 1 aliphatic carbocycles. The van der Waals surface area contributed by atoms with Gasteiger partial charge in [0.25, 0.3) is 0 Å². The number of halogens is 2. The summed E-state index contributed by atoms with van der Waals surface area (Å²) in [5, 5.41) is 0. The summed E-state index contributed by atoms with van der Waals surface area (Å²) < 4.78 is 1.60. The van der Waals surface area contributed by atoms with E-state index in [0.717, 1.165) is 5.92 Å². The van der Waals surface area contributed by atoms with E-state index in [1.807, 2.05) is 0 Å². The number of benzene rings is 1. The van der Waals surface area contributed by atoms with Gasteiger partial charge in [-0.05, 0) is 0 Å². The first-order valence-corrected chi connectivity index (χ1v) is 5.58. The van der Waals surface area contributed by atoms with Crippen LogP contribution in [0.25, 0.3) is 6.08 Å². The molecular formula is C11H11Br2Zr. The van der Waals surface area contributed by atoms with Gasteiger partial charge in [0.05, 0.1) is 0 Å². The molecule has 3 heteroatoms. The van der Waals surface area contributed by atoms with Crippen LogP contribution in [0, 0.1) is 0 Å². The molecule has 1 aromatic rings. The predicted octanol–water partition coefficient (Wildman–Crippen LogP) is -2.91. The van der Waals surface area contributed by atoms with E-state index in [1.54, 1.807) is 28.0 Å². The maximum Gasteiger partial charge on any atom is -1.00 e. The van der Waals surface area contributed by atoms with Crippen molar-refractivity contribution in [1.29, 1.82) is 0 Å². The van der Waals surface area contributed by atoms with Crippen molar-refractivity contribution in [3.63, 3.8) is 0 Å². The second-order valence-electron chi connectivity index (χ2n) is 3.19. The molecule has 1 atom stereocenters. The van der Waals surface area contributed by atoms with Gasteiger partial charge in [-0.15, -0.1) is 0 Å². The molecule has 0 saturated carbocycles. The number of fused-ring (bicyclic) bond motifs is 1. The molecule has 2 rings (SSSR count). The largest absolute Gasteiger partial charge is 1.00 e. The number of allylic oxidation sites excluding steroid dienone is 1. The van der Waals surface area contributed by atoms with E-state index in [0.29, 0.717) is 0 Å². The zero-order valence-electron chi connectivity index (χ0n) is 7.93. The smallest absolute Gasteiger partial charge is 1.00 e. The summed E-state index contributed by atoms with van der Waals surface area (Å²) in [4.78, 5) is 0. The van der Waals surface area contributed by atoms with Crippen LogP contribution in [-0.4, -0.2) is 0 Å². The van der Waals surface area contributed by atoms with Gasteiger partial charge in [0, 0.05) is 0 Å². The van der Waals surface area contributed by atoms with Crippen molar-refractivity contribution in [1.82, 2.24) is 0 Å². The van der Waals surface area contributed by atoms with Gasteiger partial charge in [-0.3, -0.25) is 0 Å². The van der Waals surface area contributed by atoms with E-state index in [-0.39, 0.29) is 34.0 Å². The summed E-state index contributed by atoms with van der Waals surface area (Å²) in [6.07, 6.45) is 3.59. The zero-order valence-corrected chi connectivity index (χ0v) is 13.6. The van der Waals surface area contributed by atoms with Crippen molar-refractivity contribution >= 4 is 6.08 Å². The Bertz CT molecular complexity index is 334. The fourth-order valence-corrected chi connectivity index (χ4v) is 3.10. The second kappa shape index (κ2) is 6.40. The fraction of sp³-hybridized carbons (Fsp3) is 0.273. The van der Waals surface area contributed by atoms with Gasteiger partial charge in [-0.25, -0.2) is 0 Å². The number of rotatable bonds is 1. The maximum absolute atomic E-state index is 2.35. The average Bonchev–Trinajstić information content (AvgIpc) is 2.40. The van der Waals surface area contributed by atoms with Crippen LogP contribution in [0.4, 0.5) is 0 Å². The van der Waals surface area contributed by atoms with Gasteiger partial charge in [-0.1, -0.05) is 0 Å². The Morgan fingerprint density at radius 1 is 1.21 bits per heavy atom. The first-order chi connectivity index (χ1) is 5.83. The third kappa shape index (κ3) is 2.68. The molecular weight excluding hydrogens is 383 g/mol. The summed E-state index contributed by atoms with van der Waals surface area (Å²) in [6, 6.07) is 8.74. The summed E-state index contributed by atoms with van der Waals surface area (Å²) in [5.41, 5.74) is 2.97. The molecule has 14 heavy (non-hydrogen) atoms. The van der Waals surface area contributed by atoms with Gasteiger partial charge in [0.15, 0.2) is 0 Å². The molecule has 0 amide bonds. The SMILES string of the molecule is CCC1[C]([Zr+2])=Cc2ccccc21.[Br-].[Br-]. The molecule has 0 heterocycles. The molecule has 0 spiro atoms. The molecule has 1 unspecified atom stereocenters. The molecule has 73 valence electrons. The van der Waals surface area contributed by atoms with Crippen molar-refractivity contribution in [2.24, 2.45) is 0 Å². The van der Waals surface area contributed by atoms with Crippen molar-refractivity contribution in [2.75, 3.05) is 0 Å². The van der Waals surface area contributed by atoms with Crippen molar-refractivity contribution in [3.05, 3.63) is 38.7 Å². The molecule has 0 nitrogen and oxygen atoms in total. The summed E-state index contributed by atoms with van der Waals surface area (Å²) in [7, 11) is 0. The Labute approximate surface area is 122 Å². The molecule has 1 aromatic carbocycles. The van der Waals surface area contributed by atoms with Gasteiger partial charge in [-0.2, -0.15) is 0 Å². The second-order valence-corrected chi connectivity index (χ2v) is 4.61. The topological polar surface area (TPSA) is 0 Å². The Morgan fingerprint density at radius 2 is 1.86 bits per heavy atom. The van der Waals surface area contributed by atoms with E-state index in [9.17, 15) is 0 Å². The molecule has 0 bridgehead atoms. The summed E-state index contributed by atoms with van der Waals surface area (Å²) >= 11 is 1.57. The van der Waals surface area contributed by atoms with Crippen molar-refractivity contribution in [3.8, 4) is 0 Å². The molecule has 0 radical (unpaired) electrons. The molecule has 0 saturated heterocycles. The van der Waals surface area contributed by atoms with E-state index < -0.39 is 0 Å². The van der Waals surface area contributed by atoms with Crippen LogP contribution in [0.2, 0.25) is 0 Å². The van der Waals surface area contributed by atoms with Crippen LogP contribution in [0.5, 0.6) is 0 Å². The fourth-order valence-electron chi connectivity index (χ4n) is 1.84. The third-order valence-electron chi connectivity index (χ3n) is 2.47. The Balaban J connectivity index is 0.000000845. The van der Waals surface area contributed by atoms with Gasteiger partial charge in [0.1, 0.15) is 0 Å². The van der Waals surface area contributed by atoms with Gasteiger partial charge >= 0.3 is 88.7 Å². The monoisotopic (exact) mass is 391 g/mol. The van der Waals surface area contributed by atoms with Crippen LogP contribution < -0.4 is 34.0 Å². The maximum atomic E-state index is 2.35.